The van der Waals surface area contributed by atoms with Gasteiger partial charge in [0, 0.05) is 12.5 Å². The van der Waals surface area contributed by atoms with E-state index >= 15 is 0 Å². The van der Waals surface area contributed by atoms with Gasteiger partial charge in [0.25, 0.3) is 0 Å². The van der Waals surface area contributed by atoms with Crippen LogP contribution in [0.15, 0.2) is 24.3 Å². The lowest BCUT2D eigenvalue weighted by molar-refractivity contribution is 0.0350. The molecular formula is C16H22FNO2. The van der Waals surface area contributed by atoms with Gasteiger partial charge in [-0.25, -0.2) is 4.39 Å². The van der Waals surface area contributed by atoms with E-state index in [1.165, 1.54) is 25.0 Å². The third kappa shape index (κ3) is 3.49. The minimum atomic E-state index is -0.438. The number of benzene rings is 1. The Morgan fingerprint density at radius 2 is 1.85 bits per heavy atom. The largest absolute Gasteiger partial charge is 0.488 e. The highest BCUT2D eigenvalue weighted by atomic mass is 19.1. The maximum atomic E-state index is 12.8. The van der Waals surface area contributed by atoms with Crippen molar-refractivity contribution in [1.29, 1.82) is 0 Å². The molecule has 2 fully saturated rings. The van der Waals surface area contributed by atoms with Crippen molar-refractivity contribution in [2.75, 3.05) is 13.1 Å². The molecule has 0 heterocycles. The average Bonchev–Trinajstić information content (AvgIpc) is 3.21. The van der Waals surface area contributed by atoms with Crippen molar-refractivity contribution in [3.05, 3.63) is 30.1 Å². The van der Waals surface area contributed by atoms with Crippen molar-refractivity contribution < 1.29 is 14.2 Å². The van der Waals surface area contributed by atoms with E-state index in [9.17, 15) is 9.50 Å². The molecule has 2 aliphatic rings. The first-order chi connectivity index (χ1) is 9.72. The van der Waals surface area contributed by atoms with Gasteiger partial charge in [0.2, 0.25) is 0 Å². The molecular weight excluding hydrogens is 257 g/mol. The Bertz CT molecular complexity index is 433. The third-order valence-electron chi connectivity index (χ3n) is 4.32. The van der Waals surface area contributed by atoms with Crippen LogP contribution in [-0.4, -0.2) is 30.4 Å². The summed E-state index contributed by atoms with van der Waals surface area (Å²) in [7, 11) is 0. The highest BCUT2D eigenvalue weighted by Gasteiger charge is 2.36. The van der Waals surface area contributed by atoms with Gasteiger partial charge in [-0.2, -0.15) is 0 Å². The molecule has 0 aromatic heterocycles. The Balaban J connectivity index is 1.46. The number of ether oxygens (including phenoxy) is 1. The van der Waals surface area contributed by atoms with Crippen molar-refractivity contribution >= 4 is 0 Å². The zero-order valence-corrected chi connectivity index (χ0v) is 11.6. The van der Waals surface area contributed by atoms with Crippen LogP contribution in [0, 0.1) is 17.7 Å². The summed E-state index contributed by atoms with van der Waals surface area (Å²) in [6.07, 6.45) is 3.91. The van der Waals surface area contributed by atoms with Gasteiger partial charge >= 0.3 is 0 Å². The van der Waals surface area contributed by atoms with E-state index in [4.69, 9.17) is 4.74 Å². The fourth-order valence-electron chi connectivity index (χ4n) is 2.86. The highest BCUT2D eigenvalue weighted by Crippen LogP contribution is 2.31. The van der Waals surface area contributed by atoms with E-state index in [1.807, 2.05) is 0 Å². The summed E-state index contributed by atoms with van der Waals surface area (Å²) >= 11 is 0. The summed E-state index contributed by atoms with van der Waals surface area (Å²) in [5.41, 5.74) is 0. The third-order valence-corrected chi connectivity index (χ3v) is 4.32. The van der Waals surface area contributed by atoms with Crippen LogP contribution in [0.2, 0.25) is 0 Å². The van der Waals surface area contributed by atoms with Crippen LogP contribution in [0.25, 0.3) is 0 Å². The minimum Gasteiger partial charge on any atom is -0.488 e. The van der Waals surface area contributed by atoms with Gasteiger partial charge < -0.3 is 15.2 Å². The Morgan fingerprint density at radius 1 is 1.10 bits per heavy atom. The number of rotatable bonds is 6. The molecule has 3 rings (SSSR count). The van der Waals surface area contributed by atoms with Crippen molar-refractivity contribution in [3.63, 3.8) is 0 Å². The molecule has 0 radical (unpaired) electrons. The number of halogens is 1. The van der Waals surface area contributed by atoms with Gasteiger partial charge in [-0.05, 0) is 62.4 Å². The first kappa shape index (κ1) is 13.8. The number of hydrogen-bond donors (Lipinski definition) is 2. The molecule has 0 aliphatic heterocycles. The van der Waals surface area contributed by atoms with Crippen LogP contribution in [0.3, 0.4) is 0 Å². The summed E-state index contributed by atoms with van der Waals surface area (Å²) in [6, 6.07) is 5.98. The molecule has 0 bridgehead atoms. The van der Waals surface area contributed by atoms with Gasteiger partial charge in [-0.3, -0.25) is 0 Å². The molecule has 2 saturated carbocycles. The van der Waals surface area contributed by atoms with Crippen LogP contribution in [0.1, 0.15) is 25.7 Å². The Kier molecular flexibility index (Phi) is 4.22. The molecule has 0 amide bonds. The monoisotopic (exact) mass is 279 g/mol. The van der Waals surface area contributed by atoms with Gasteiger partial charge in [0.05, 0.1) is 6.10 Å². The van der Waals surface area contributed by atoms with Gasteiger partial charge in [0.15, 0.2) is 0 Å². The van der Waals surface area contributed by atoms with Crippen molar-refractivity contribution in [2.45, 2.75) is 37.9 Å². The molecule has 0 unspecified atom stereocenters. The smallest absolute Gasteiger partial charge is 0.125 e. The Labute approximate surface area is 119 Å². The number of aliphatic hydroxyl groups excluding tert-OH is 1. The van der Waals surface area contributed by atoms with Crippen LogP contribution < -0.4 is 10.1 Å². The second-order valence-corrected chi connectivity index (χ2v) is 6.04. The highest BCUT2D eigenvalue weighted by molar-refractivity contribution is 5.22. The van der Waals surface area contributed by atoms with E-state index in [1.54, 1.807) is 12.1 Å². The Morgan fingerprint density at radius 3 is 2.55 bits per heavy atom. The molecule has 0 spiro atoms. The van der Waals surface area contributed by atoms with E-state index in [0.29, 0.717) is 5.75 Å². The molecule has 1 aromatic rings. The summed E-state index contributed by atoms with van der Waals surface area (Å²) in [6.45, 7) is 1.94. The molecule has 0 saturated heterocycles. The second kappa shape index (κ2) is 6.10. The molecule has 2 N–H and O–H groups in total. The normalized spacial score (nSPS) is 29.6. The maximum absolute atomic E-state index is 12.8. The Hall–Kier alpha value is -1.13. The van der Waals surface area contributed by atoms with Crippen molar-refractivity contribution in [3.8, 4) is 5.75 Å². The summed E-state index contributed by atoms with van der Waals surface area (Å²) in [5, 5.41) is 13.8. The average molecular weight is 279 g/mol. The number of nitrogens with one attached hydrogen (secondary N) is 1. The first-order valence-electron chi connectivity index (χ1n) is 7.53. The van der Waals surface area contributed by atoms with E-state index in [-0.39, 0.29) is 17.8 Å². The van der Waals surface area contributed by atoms with Crippen LogP contribution >= 0.6 is 0 Å². The van der Waals surface area contributed by atoms with E-state index in [2.05, 4.69) is 5.32 Å². The lowest BCUT2D eigenvalue weighted by Gasteiger charge is -2.21. The second-order valence-electron chi connectivity index (χ2n) is 6.04. The molecule has 4 heteroatoms. The van der Waals surface area contributed by atoms with Gasteiger partial charge in [-0.1, -0.05) is 0 Å². The van der Waals surface area contributed by atoms with Crippen molar-refractivity contribution in [2.24, 2.45) is 11.8 Å². The molecule has 1 aromatic carbocycles. The van der Waals surface area contributed by atoms with E-state index in [0.717, 1.165) is 31.8 Å². The van der Waals surface area contributed by atoms with Crippen molar-refractivity contribution in [1.82, 2.24) is 5.32 Å². The molecule has 3 nitrogen and oxygen atoms in total. The minimum absolute atomic E-state index is 0.173. The number of hydrogen-bond acceptors (Lipinski definition) is 3. The molecule has 20 heavy (non-hydrogen) atoms. The fourth-order valence-corrected chi connectivity index (χ4v) is 2.86. The summed E-state index contributed by atoms with van der Waals surface area (Å²) in [5.74, 6) is 1.48. The lowest BCUT2D eigenvalue weighted by atomic mass is 10.1. The summed E-state index contributed by atoms with van der Waals surface area (Å²) in [4.78, 5) is 0. The topological polar surface area (TPSA) is 41.5 Å². The molecule has 3 atom stereocenters. The van der Waals surface area contributed by atoms with Crippen LogP contribution in [0.4, 0.5) is 4.39 Å². The maximum Gasteiger partial charge on any atom is 0.125 e. The molecule has 2 aliphatic carbocycles. The van der Waals surface area contributed by atoms with Crippen LogP contribution in [-0.2, 0) is 0 Å². The van der Waals surface area contributed by atoms with Crippen LogP contribution in [0.5, 0.6) is 5.75 Å². The number of aliphatic hydroxyl groups is 1. The van der Waals surface area contributed by atoms with Gasteiger partial charge in [-0.15, -0.1) is 0 Å². The van der Waals surface area contributed by atoms with Gasteiger partial charge in [0.1, 0.15) is 17.7 Å². The lowest BCUT2D eigenvalue weighted by Crippen LogP contribution is -2.35. The quantitative estimate of drug-likeness (QED) is 0.840. The predicted octanol–water partition coefficient (Wildman–Crippen LogP) is 2.34. The fraction of sp³-hybridized carbons (Fsp3) is 0.625. The zero-order chi connectivity index (χ0) is 13.9. The zero-order valence-electron chi connectivity index (χ0n) is 11.6. The molecule has 110 valence electrons. The van der Waals surface area contributed by atoms with E-state index < -0.39 is 6.10 Å². The first-order valence-corrected chi connectivity index (χ1v) is 7.53. The summed E-state index contributed by atoms with van der Waals surface area (Å²) < 4.78 is 18.6. The SMILES string of the molecule is O[C@@H]1[C@@H](CNCC2CC2)CC[C@H]1Oc1ccc(F)cc1. The predicted molar refractivity (Wildman–Crippen MR) is 75.1 cm³/mol. The standard InChI is InChI=1S/C16H22FNO2/c17-13-4-6-14(7-5-13)20-15-8-3-12(16(15)19)10-18-9-11-1-2-11/h4-7,11-12,15-16,18-19H,1-3,8-10H2/t12-,15-,16-/m1/s1.